The lowest BCUT2D eigenvalue weighted by atomic mass is 10.1. The summed E-state index contributed by atoms with van der Waals surface area (Å²) in [5.41, 5.74) is 6.30. The molecular weight excluding hydrogens is 891 g/mol. The Bertz CT molecular complexity index is 2590. The molecule has 0 spiro atoms. The van der Waals surface area contributed by atoms with Crippen LogP contribution in [0, 0.1) is 23.3 Å². The molecule has 8 rings (SSSR count). The monoisotopic (exact) mass is 912 g/mol. The van der Waals surface area contributed by atoms with Gasteiger partial charge in [0.25, 0.3) is 11.1 Å². The molecule has 0 saturated heterocycles. The molecule has 0 unspecified atom stereocenters. The maximum Gasteiger partial charge on any atom is 0.433 e. The molecule has 4 heterocycles. The third kappa shape index (κ3) is 10.7. The number of hydrogen-bond donors (Lipinski definition) is 2. The normalized spacial score (nSPS) is 14.0. The molecule has 2 aliphatic heterocycles. The van der Waals surface area contributed by atoms with E-state index in [2.05, 4.69) is 24.8 Å². The first-order valence-electron chi connectivity index (χ1n) is 16.9. The standard InChI is InChI=1S/C20H11ClF4N2O3.C13H9ClF2N2O2.C7H3ClF2O/c21-12-7-16-15(29-9-20(24,25)30-16)6-11(12)10-4-5-17(26-8-10)27-19(28)18-13(22)2-1-3-14(18)23;14-9-4-11-10(19-6-13(15,16)20-11)3-8(9)7-1-2-12(17)18-5-7;8-7(11)6-4(9)2-1-3-5(6)10/h1-8H,9H2,(H,26,27,28);1-5H,6H2,(H2,17,18);1-3H. The maximum absolute atomic E-state index is 13.7. The van der Waals surface area contributed by atoms with Crippen LogP contribution in [0.1, 0.15) is 20.7 Å². The molecule has 2 aromatic heterocycles. The molecule has 0 aliphatic carbocycles. The molecule has 0 atom stereocenters. The van der Waals surface area contributed by atoms with E-state index < -0.39 is 71.0 Å². The van der Waals surface area contributed by atoms with E-state index in [0.717, 1.165) is 36.4 Å². The summed E-state index contributed by atoms with van der Waals surface area (Å²) in [6.07, 6.45) is -3.90. The number of nitrogens with zero attached hydrogens (tertiary/aromatic N) is 2. The molecule has 0 bridgehead atoms. The maximum atomic E-state index is 13.7. The summed E-state index contributed by atoms with van der Waals surface area (Å²) in [5.74, 6) is -4.43. The van der Waals surface area contributed by atoms with Crippen LogP contribution in [0.2, 0.25) is 10.0 Å². The molecule has 316 valence electrons. The average Bonchev–Trinajstić information content (AvgIpc) is 3.18. The topological polar surface area (TPSA) is 135 Å². The molecule has 1 amide bonds. The number of benzene rings is 4. The van der Waals surface area contributed by atoms with Gasteiger partial charge >= 0.3 is 12.2 Å². The minimum atomic E-state index is -3.45. The number of nitrogens with two attached hydrogens (primary N) is 1. The molecule has 61 heavy (non-hydrogen) atoms. The summed E-state index contributed by atoms with van der Waals surface area (Å²) in [5, 5.41) is 1.55. The van der Waals surface area contributed by atoms with Gasteiger partial charge in [-0.25, -0.2) is 27.5 Å². The fraction of sp³-hybridized carbons (Fsp3) is 0.100. The van der Waals surface area contributed by atoms with Gasteiger partial charge in [0.1, 0.15) is 46.0 Å². The summed E-state index contributed by atoms with van der Waals surface area (Å²) in [7, 11) is 0. The first-order valence-corrected chi connectivity index (χ1v) is 18.1. The number of carbonyl (C=O) groups excluding carboxylic acids is 2. The van der Waals surface area contributed by atoms with Gasteiger partial charge < -0.3 is 30.0 Å². The summed E-state index contributed by atoms with van der Waals surface area (Å²) in [6, 6.07) is 17.9. The van der Waals surface area contributed by atoms with E-state index in [0.29, 0.717) is 28.1 Å². The fourth-order valence-corrected chi connectivity index (χ4v) is 6.08. The van der Waals surface area contributed by atoms with Crippen molar-refractivity contribution in [3.05, 3.63) is 142 Å². The van der Waals surface area contributed by atoms with Crippen LogP contribution in [-0.2, 0) is 0 Å². The smallest absolute Gasteiger partial charge is 0.433 e. The van der Waals surface area contributed by atoms with E-state index in [1.807, 2.05) is 0 Å². The van der Waals surface area contributed by atoms with E-state index in [4.69, 9.17) is 50.0 Å². The third-order valence-corrected chi connectivity index (χ3v) is 8.95. The van der Waals surface area contributed by atoms with E-state index in [-0.39, 0.29) is 38.9 Å². The minimum Gasteiger partial charge on any atom is -0.479 e. The molecule has 0 saturated carbocycles. The number of halogens is 11. The van der Waals surface area contributed by atoms with Gasteiger partial charge in [0.05, 0.1) is 10.0 Å². The van der Waals surface area contributed by atoms with Crippen LogP contribution in [0.4, 0.5) is 46.8 Å². The highest BCUT2D eigenvalue weighted by atomic mass is 35.5. The highest BCUT2D eigenvalue weighted by Crippen LogP contribution is 2.44. The largest absolute Gasteiger partial charge is 0.479 e. The molecule has 4 aromatic carbocycles. The average molecular weight is 914 g/mol. The van der Waals surface area contributed by atoms with Crippen LogP contribution >= 0.6 is 34.8 Å². The van der Waals surface area contributed by atoms with E-state index in [1.54, 1.807) is 24.4 Å². The summed E-state index contributed by atoms with van der Waals surface area (Å²) in [4.78, 5) is 30.5. The Hall–Kier alpha value is -6.37. The second-order valence-electron chi connectivity index (χ2n) is 12.4. The number of carbonyl (C=O) groups is 2. The van der Waals surface area contributed by atoms with Crippen molar-refractivity contribution in [2.45, 2.75) is 12.2 Å². The van der Waals surface area contributed by atoms with Crippen molar-refractivity contribution in [1.29, 1.82) is 0 Å². The first-order chi connectivity index (χ1) is 28.8. The van der Waals surface area contributed by atoms with E-state index >= 15 is 0 Å². The Morgan fingerprint density at radius 2 is 1.07 bits per heavy atom. The lowest BCUT2D eigenvalue weighted by molar-refractivity contribution is -0.209. The van der Waals surface area contributed by atoms with Gasteiger partial charge in [-0.2, -0.15) is 17.6 Å². The van der Waals surface area contributed by atoms with Crippen molar-refractivity contribution in [3.63, 3.8) is 0 Å². The molecule has 10 nitrogen and oxygen atoms in total. The van der Waals surface area contributed by atoms with Crippen LogP contribution < -0.4 is 30.0 Å². The second-order valence-corrected chi connectivity index (χ2v) is 13.6. The Balaban J connectivity index is 0.000000172. The fourth-order valence-electron chi connectivity index (χ4n) is 5.37. The molecule has 2 aliphatic rings. The quantitative estimate of drug-likeness (QED) is 0.128. The number of fused-ring (bicyclic) bond motifs is 2. The second kappa shape index (κ2) is 18.1. The predicted molar refractivity (Wildman–Crippen MR) is 207 cm³/mol. The number of amides is 1. The van der Waals surface area contributed by atoms with Crippen LogP contribution in [0.5, 0.6) is 23.0 Å². The summed E-state index contributed by atoms with van der Waals surface area (Å²) >= 11 is 17.2. The highest BCUT2D eigenvalue weighted by molar-refractivity contribution is 6.67. The number of pyridine rings is 2. The molecule has 0 radical (unpaired) electrons. The molecule has 0 fully saturated rings. The number of nitrogen functional groups attached to an aromatic ring is 1. The van der Waals surface area contributed by atoms with Crippen LogP contribution in [-0.4, -0.2) is 46.5 Å². The number of hydrogen-bond acceptors (Lipinski definition) is 9. The first kappa shape index (κ1) is 44.2. The number of alkyl halides is 4. The van der Waals surface area contributed by atoms with Crippen molar-refractivity contribution in [2.75, 3.05) is 24.3 Å². The van der Waals surface area contributed by atoms with Crippen molar-refractivity contribution in [2.24, 2.45) is 0 Å². The van der Waals surface area contributed by atoms with Crippen LogP contribution in [0.3, 0.4) is 0 Å². The lowest BCUT2D eigenvalue weighted by Crippen LogP contribution is -2.35. The number of rotatable bonds is 5. The molecule has 3 N–H and O–H groups in total. The number of aromatic nitrogens is 2. The van der Waals surface area contributed by atoms with Gasteiger partial charge in [0.2, 0.25) is 0 Å². The van der Waals surface area contributed by atoms with Gasteiger partial charge in [0, 0.05) is 46.8 Å². The van der Waals surface area contributed by atoms with Gasteiger partial charge in [-0.1, -0.05) is 35.3 Å². The van der Waals surface area contributed by atoms with Crippen molar-refractivity contribution < 1.29 is 63.7 Å². The van der Waals surface area contributed by atoms with Gasteiger partial charge in [-0.15, -0.1) is 0 Å². The third-order valence-electron chi connectivity index (χ3n) is 8.14. The predicted octanol–water partition coefficient (Wildman–Crippen LogP) is 11.0. The SMILES string of the molecule is Nc1ccc(-c2cc3c(cc2Cl)OC(F)(F)CO3)cn1.O=C(Cl)c1c(F)cccc1F.O=C(Nc1ccc(-c2cc3c(cc2Cl)OC(F)(F)CO3)cn1)c1c(F)cccc1F. The van der Waals surface area contributed by atoms with Gasteiger partial charge in [-0.05, 0) is 72.3 Å². The zero-order chi connectivity index (χ0) is 44.2. The Morgan fingerprint density at radius 3 is 1.46 bits per heavy atom. The molecule has 6 aromatic rings. The summed E-state index contributed by atoms with van der Waals surface area (Å²) in [6.45, 7) is -1.77. The van der Waals surface area contributed by atoms with Gasteiger partial charge in [0.15, 0.2) is 36.2 Å². The number of ether oxygens (including phenoxy) is 4. The Morgan fingerprint density at radius 1 is 0.623 bits per heavy atom. The Labute approximate surface area is 353 Å². The summed E-state index contributed by atoms with van der Waals surface area (Å²) < 4.78 is 124. The van der Waals surface area contributed by atoms with Crippen molar-refractivity contribution in [1.82, 2.24) is 9.97 Å². The van der Waals surface area contributed by atoms with Crippen LogP contribution in [0.15, 0.2) is 97.3 Å². The lowest BCUT2D eigenvalue weighted by Gasteiger charge is -2.26. The van der Waals surface area contributed by atoms with E-state index in [1.165, 1.54) is 36.5 Å². The van der Waals surface area contributed by atoms with Crippen molar-refractivity contribution in [3.8, 4) is 45.3 Å². The highest BCUT2D eigenvalue weighted by Gasteiger charge is 2.39. The zero-order valence-corrected chi connectivity index (χ0v) is 32.5. The number of nitrogens with one attached hydrogen (secondary N) is 1. The van der Waals surface area contributed by atoms with E-state index in [9.17, 15) is 44.7 Å². The van der Waals surface area contributed by atoms with Gasteiger partial charge in [-0.3, -0.25) is 9.59 Å². The Kier molecular flexibility index (Phi) is 13.1. The minimum absolute atomic E-state index is 0.0414. The van der Waals surface area contributed by atoms with Crippen LogP contribution in [0.25, 0.3) is 22.3 Å². The zero-order valence-electron chi connectivity index (χ0n) is 30.2. The molecular formula is C40H23Cl3F8N4O6. The number of anilines is 2. The molecule has 21 heteroatoms. The van der Waals surface area contributed by atoms with Crippen molar-refractivity contribution >= 4 is 57.6 Å².